The summed E-state index contributed by atoms with van der Waals surface area (Å²) in [6.07, 6.45) is 33.9. The van der Waals surface area contributed by atoms with Crippen molar-refractivity contribution in [3.63, 3.8) is 0 Å². The van der Waals surface area contributed by atoms with Gasteiger partial charge in [-0.1, -0.05) is 82.6 Å². The maximum atomic E-state index is 11.4. The first-order valence-electron chi connectivity index (χ1n) is 42.5. The zero-order valence-corrected chi connectivity index (χ0v) is 69.3. The molecule has 672 valence electrons. The lowest BCUT2D eigenvalue weighted by atomic mass is 9.59. The Morgan fingerprint density at radius 1 is 0.312 bits per heavy atom. The quantitative estimate of drug-likeness (QED) is 0.0884. The molecule has 0 radical (unpaired) electrons. The maximum Gasteiger partial charge on any atom is 0.341 e. The first-order chi connectivity index (χ1) is 59.3. The summed E-state index contributed by atoms with van der Waals surface area (Å²) >= 11 is 0. The van der Waals surface area contributed by atoms with Gasteiger partial charge in [0, 0.05) is 5.57 Å². The maximum absolute atomic E-state index is 11.4. The largest absolute Gasteiger partial charge is 0.393 e. The van der Waals surface area contributed by atoms with Crippen LogP contribution >= 0.6 is 0 Å². The van der Waals surface area contributed by atoms with Crippen molar-refractivity contribution in [2.45, 2.75) is 195 Å². The van der Waals surface area contributed by atoms with E-state index < -0.39 is 53.2 Å². The van der Waals surface area contributed by atoms with Gasteiger partial charge < -0.3 is 61.6 Å². The summed E-state index contributed by atoms with van der Waals surface area (Å²) in [7, 11) is 0. The highest BCUT2D eigenvalue weighted by Crippen LogP contribution is 2.57. The van der Waals surface area contributed by atoms with Crippen LogP contribution in [0.3, 0.4) is 0 Å². The molecule has 0 N–H and O–H groups in total. The number of carbonyl (C=O) groups is 24. The molecule has 12 aliphatic carbocycles. The Bertz CT molecular complexity index is 4380. The van der Waals surface area contributed by atoms with Crippen LogP contribution in [0.4, 0.5) is 0 Å². The second-order valence-corrected chi connectivity index (χ2v) is 35.9. The molecule has 0 aromatic heterocycles. The van der Waals surface area contributed by atoms with Crippen LogP contribution < -0.4 is 0 Å². The second-order valence-electron chi connectivity index (χ2n) is 35.9. The van der Waals surface area contributed by atoms with E-state index in [9.17, 15) is 115 Å². The molecule has 12 aliphatic heterocycles. The minimum Gasteiger partial charge on any atom is -0.393 e. The molecule has 12 heterocycles. The van der Waals surface area contributed by atoms with E-state index in [4.69, 9.17) is 4.74 Å². The Labute approximate surface area is 714 Å². The zero-order chi connectivity index (χ0) is 90.4. The Morgan fingerprint density at radius 3 is 1.03 bits per heavy atom. The molecule has 24 aliphatic rings. The topological polar surface area (TPSA) is 530 Å². The molecule has 12 saturated heterocycles. The van der Waals surface area contributed by atoms with Gasteiger partial charge in [0.15, 0.2) is 0 Å². The van der Waals surface area contributed by atoms with Crippen molar-refractivity contribution < 1.29 is 177 Å². The van der Waals surface area contributed by atoms with Crippen molar-refractivity contribution in [1.82, 2.24) is 0 Å². The Morgan fingerprint density at radius 2 is 0.688 bits per heavy atom. The standard InChI is InChI=1S/C10H12O3.C9H10O3.C9H8O3.C9H10O3.C9H12O3.C8H10O3.C8H8O3.C6H6O3.C6H8O3.C5H6O3.C5H4O3.C4H4O4/c11-9-7-5-1-2-6(4-3-5)8(7)10(12)13-9;2*10-8-6-4-1-2-5(3-4)7(6)9(11)12-8;1-5-3-2-4-6-7(5)9(11)12-8(6)10;10-7-5-9(3-1-2-4-9)6-8(11)12-7;2*9-7-5-3-1-2-4-6(5)8(10)11-7;7-5-3-1-2-4(3)6(8)9-5;1-6(2)3-4(7)9-5(6)8;2*1-3-2-4(6)8-5(3)7;5-3-1-7-2-4(6)8-3/h5-8H,1-4H2;4-7H,1-3H2;1-2,4-7H,3H2;2-3,5-7H,4H2,1H3;1-6H2;5-6H,1-4H2;1-2,5-6H,3-4H2;3-4H,1-2H2;3H2,1-2H3;3H,2H2,1H3;2*1-2H2. The van der Waals surface area contributed by atoms with Crippen molar-refractivity contribution in [3.8, 4) is 0 Å². The fraction of sp³-hybridized carbons (Fsp3) is 0.636. The van der Waals surface area contributed by atoms with Crippen LogP contribution in [0.1, 0.15) is 195 Å². The van der Waals surface area contributed by atoms with Gasteiger partial charge in [-0.3, -0.25) is 101 Å². The van der Waals surface area contributed by atoms with E-state index in [2.05, 4.69) is 63.4 Å². The lowest BCUT2D eigenvalue weighted by Crippen LogP contribution is -2.41. The van der Waals surface area contributed by atoms with Gasteiger partial charge in [-0.2, -0.15) is 0 Å². The van der Waals surface area contributed by atoms with Crippen molar-refractivity contribution in [1.29, 1.82) is 0 Å². The van der Waals surface area contributed by atoms with Gasteiger partial charge in [-0.05, 0) is 170 Å². The predicted molar refractivity (Wildman–Crippen MR) is 405 cm³/mol. The van der Waals surface area contributed by atoms with Crippen LogP contribution in [0.15, 0.2) is 48.6 Å². The van der Waals surface area contributed by atoms with Gasteiger partial charge >= 0.3 is 143 Å². The van der Waals surface area contributed by atoms with E-state index >= 15 is 0 Å². The number of allylic oxidation sites excluding steroid dienone is 6. The molecule has 21 fully saturated rings. The van der Waals surface area contributed by atoms with Gasteiger partial charge in [0.2, 0.25) is 0 Å². The number of esters is 24. The molecule has 37 heteroatoms. The fourth-order valence-corrected chi connectivity index (χ4v) is 20.6. The Balaban J connectivity index is 0.000000125. The molecule has 1 spiro atoms. The molecule has 20 atom stereocenters. The van der Waals surface area contributed by atoms with E-state index in [0.29, 0.717) is 55.8 Å². The molecule has 0 aromatic carbocycles. The average Bonchev–Trinajstić information content (AvgIpc) is 1.59. The number of carbonyl (C=O) groups excluding carboxylic acids is 24. The molecular formula is C88H98O37. The number of hydrogen-bond donors (Lipinski definition) is 0. The summed E-state index contributed by atoms with van der Waals surface area (Å²) in [5.74, 6) is -8.19. The van der Waals surface area contributed by atoms with E-state index in [1.54, 1.807) is 20.8 Å². The highest BCUT2D eigenvalue weighted by atomic mass is 16.7. The minimum absolute atomic E-state index is 0.00752. The van der Waals surface area contributed by atoms with Gasteiger partial charge in [0.05, 0.1) is 126 Å². The van der Waals surface area contributed by atoms with Crippen LogP contribution in [-0.2, 0) is 177 Å². The second kappa shape index (κ2) is 39.4. The summed E-state index contributed by atoms with van der Waals surface area (Å²) in [6.45, 7) is 10.1. The SMILES string of the molecule is C=C1CC(=O)OC1=O.CC1(C)CC(=O)OC1=O.CC1C=CCC2C(=O)OC(=O)C12.CC1CC(=O)OC1=O.O=C1CC2(CCCC2)CC(=O)O1.O=C1COCC(=O)O1.O=C1OC(=O)C2C3C=CC(C3)C12.O=C1OC(=O)C2C3CCC(C3)C12.O=C1OC(=O)C2C3CCC(CC3)C12.O=C1OC(=O)C2CC=CCC12.O=C1OC(=O)C2CCC12.O=C1OC(=O)C2CCCCC12. The van der Waals surface area contributed by atoms with Crippen molar-refractivity contribution in [3.05, 3.63) is 48.6 Å². The highest BCUT2D eigenvalue weighted by Gasteiger charge is 2.62. The molecular weight excluding hydrogens is 1650 g/mol. The molecule has 20 unspecified atom stereocenters. The summed E-state index contributed by atoms with van der Waals surface area (Å²) in [6, 6.07) is 0. The number of rotatable bonds is 0. The van der Waals surface area contributed by atoms with Crippen LogP contribution in [0, 0.1) is 141 Å². The molecule has 0 amide bonds. The summed E-state index contributed by atoms with van der Waals surface area (Å²) in [5, 5.41) is 0. The van der Waals surface area contributed by atoms with Crippen molar-refractivity contribution in [2.24, 2.45) is 141 Å². The van der Waals surface area contributed by atoms with Gasteiger partial charge in [0.1, 0.15) is 13.2 Å². The monoisotopic (exact) mass is 1750 g/mol. The van der Waals surface area contributed by atoms with E-state index in [1.165, 1.54) is 0 Å². The average molecular weight is 1750 g/mol. The van der Waals surface area contributed by atoms with E-state index in [1.807, 2.05) is 43.4 Å². The number of fused-ring (bicyclic) bond motifs is 16. The third kappa shape index (κ3) is 21.4. The van der Waals surface area contributed by atoms with Crippen molar-refractivity contribution in [2.75, 3.05) is 13.2 Å². The Hall–Kier alpha value is -11.4. The Kier molecular flexibility index (Phi) is 29.3. The van der Waals surface area contributed by atoms with Crippen LogP contribution in [0.2, 0.25) is 0 Å². The molecule has 125 heavy (non-hydrogen) atoms. The summed E-state index contributed by atoms with van der Waals surface area (Å²) < 4.78 is 57.5. The molecule has 24 rings (SSSR count). The van der Waals surface area contributed by atoms with Crippen LogP contribution in [0.5, 0.6) is 0 Å². The fourth-order valence-electron chi connectivity index (χ4n) is 20.6. The normalized spacial score (nSPS) is 36.1. The molecule has 0 aromatic rings. The van der Waals surface area contributed by atoms with Crippen LogP contribution in [0.25, 0.3) is 0 Å². The first-order valence-corrected chi connectivity index (χ1v) is 42.5. The third-order valence-electron chi connectivity index (χ3n) is 27.2. The van der Waals surface area contributed by atoms with E-state index in [0.717, 1.165) is 116 Å². The van der Waals surface area contributed by atoms with Gasteiger partial charge in [-0.25, -0.2) is 14.4 Å². The lowest BCUT2D eigenvalue weighted by Gasteiger charge is -2.41. The minimum atomic E-state index is -0.610. The predicted octanol–water partition coefficient (Wildman–Crippen LogP) is 5.98. The molecule has 9 saturated carbocycles. The van der Waals surface area contributed by atoms with E-state index in [-0.39, 0.29) is 245 Å². The number of ether oxygens (including phenoxy) is 13. The van der Waals surface area contributed by atoms with Gasteiger partial charge in [0.25, 0.3) is 0 Å². The summed E-state index contributed by atoms with van der Waals surface area (Å²) in [4.78, 5) is 259. The number of hydrogen-bond acceptors (Lipinski definition) is 37. The summed E-state index contributed by atoms with van der Waals surface area (Å²) in [5.41, 5.74) is -0.348. The van der Waals surface area contributed by atoms with Crippen LogP contribution in [-0.4, -0.2) is 156 Å². The molecule has 37 nitrogen and oxygen atoms in total. The lowest BCUT2D eigenvalue weighted by molar-refractivity contribution is -0.175. The third-order valence-corrected chi connectivity index (χ3v) is 27.2. The number of cyclic esters (lactones) is 24. The zero-order valence-electron chi connectivity index (χ0n) is 69.3. The highest BCUT2D eigenvalue weighted by molar-refractivity contribution is 6.06. The first kappa shape index (κ1) is 92.8. The molecule has 6 bridgehead atoms. The smallest absolute Gasteiger partial charge is 0.341 e. The van der Waals surface area contributed by atoms with Gasteiger partial charge in [-0.15, -0.1) is 0 Å². The van der Waals surface area contributed by atoms with Crippen molar-refractivity contribution >= 4 is 143 Å².